The summed E-state index contributed by atoms with van der Waals surface area (Å²) in [7, 11) is 0. The Hall–Kier alpha value is -0.870. The first-order chi connectivity index (χ1) is 7.77. The Bertz CT molecular complexity index is 286. The van der Waals surface area contributed by atoms with Crippen molar-refractivity contribution < 1.29 is 5.11 Å². The zero-order chi connectivity index (χ0) is 11.8. The van der Waals surface area contributed by atoms with Crippen LogP contribution in [0.1, 0.15) is 38.9 Å². The van der Waals surface area contributed by atoms with Crippen LogP contribution < -0.4 is 5.32 Å². The van der Waals surface area contributed by atoms with Crippen molar-refractivity contribution in [3.63, 3.8) is 0 Å². The van der Waals surface area contributed by atoms with Crippen LogP contribution >= 0.6 is 0 Å². The minimum Gasteiger partial charge on any atom is -0.393 e. The van der Waals surface area contributed by atoms with Gasteiger partial charge in [0.05, 0.1) is 12.6 Å². The van der Waals surface area contributed by atoms with E-state index in [1.54, 1.807) is 0 Å². The molecule has 1 heterocycles. The number of aryl methyl sites for hydroxylation is 1. The van der Waals surface area contributed by atoms with Crippen LogP contribution in [-0.4, -0.2) is 27.3 Å². The van der Waals surface area contributed by atoms with Gasteiger partial charge in [-0.15, -0.1) is 0 Å². The van der Waals surface area contributed by atoms with E-state index in [4.69, 9.17) is 0 Å². The molecule has 16 heavy (non-hydrogen) atoms. The summed E-state index contributed by atoms with van der Waals surface area (Å²) in [6.45, 7) is 6.81. The third kappa shape index (κ3) is 4.33. The molecule has 0 aliphatic carbocycles. The number of hydrogen-bond acceptors (Lipinski definition) is 3. The van der Waals surface area contributed by atoms with E-state index in [9.17, 15) is 5.11 Å². The smallest absolute Gasteiger partial charge is 0.122 e. The Balaban J connectivity index is 2.23. The number of rotatable bonds is 8. The van der Waals surface area contributed by atoms with Crippen LogP contribution in [0.25, 0.3) is 0 Å². The van der Waals surface area contributed by atoms with Crippen LogP contribution in [0.15, 0.2) is 12.4 Å². The lowest BCUT2D eigenvalue weighted by atomic mass is 10.2. The van der Waals surface area contributed by atoms with Gasteiger partial charge in [-0.05, 0) is 25.8 Å². The van der Waals surface area contributed by atoms with Gasteiger partial charge in [0.25, 0.3) is 0 Å². The van der Waals surface area contributed by atoms with Crippen LogP contribution in [0.2, 0.25) is 0 Å². The predicted octanol–water partition coefficient (Wildman–Crippen LogP) is 1.54. The number of hydrogen-bond donors (Lipinski definition) is 2. The van der Waals surface area contributed by atoms with Gasteiger partial charge in [0, 0.05) is 18.9 Å². The molecule has 1 aromatic rings. The molecule has 4 heteroatoms. The van der Waals surface area contributed by atoms with E-state index in [0.29, 0.717) is 0 Å². The largest absolute Gasteiger partial charge is 0.393 e. The number of nitrogens with one attached hydrogen (secondary N) is 1. The van der Waals surface area contributed by atoms with Gasteiger partial charge >= 0.3 is 0 Å². The maximum atomic E-state index is 9.39. The molecule has 0 saturated heterocycles. The van der Waals surface area contributed by atoms with Gasteiger partial charge in [0.2, 0.25) is 0 Å². The van der Waals surface area contributed by atoms with Crippen LogP contribution in [-0.2, 0) is 13.1 Å². The molecule has 0 spiro atoms. The average molecular weight is 225 g/mol. The summed E-state index contributed by atoms with van der Waals surface area (Å²) in [6, 6.07) is 0. The highest BCUT2D eigenvalue weighted by Crippen LogP contribution is 2.00. The Morgan fingerprint density at radius 3 is 3.00 bits per heavy atom. The molecular formula is C12H23N3O. The van der Waals surface area contributed by atoms with Gasteiger partial charge in [-0.2, -0.15) is 0 Å². The van der Waals surface area contributed by atoms with Crippen molar-refractivity contribution in [2.75, 3.05) is 6.54 Å². The molecule has 0 aromatic carbocycles. The van der Waals surface area contributed by atoms with E-state index in [-0.39, 0.29) is 6.10 Å². The summed E-state index contributed by atoms with van der Waals surface area (Å²) in [6.07, 6.45) is 6.44. The molecule has 0 aliphatic heterocycles. The number of aromatic nitrogens is 2. The predicted molar refractivity (Wildman–Crippen MR) is 65.1 cm³/mol. The highest BCUT2D eigenvalue weighted by atomic mass is 16.3. The van der Waals surface area contributed by atoms with E-state index in [2.05, 4.69) is 21.8 Å². The maximum absolute atomic E-state index is 9.39. The number of nitrogens with zero attached hydrogens (tertiary/aromatic N) is 2. The lowest BCUT2D eigenvalue weighted by Gasteiger charge is -2.09. The third-order valence-corrected chi connectivity index (χ3v) is 2.67. The highest BCUT2D eigenvalue weighted by molar-refractivity contribution is 4.91. The molecule has 0 aliphatic rings. The molecule has 0 saturated carbocycles. The van der Waals surface area contributed by atoms with Crippen LogP contribution in [0, 0.1) is 0 Å². The second-order valence-corrected chi connectivity index (χ2v) is 4.06. The molecule has 1 atom stereocenters. The molecule has 0 amide bonds. The third-order valence-electron chi connectivity index (χ3n) is 2.67. The first kappa shape index (κ1) is 13.2. The zero-order valence-electron chi connectivity index (χ0n) is 10.3. The van der Waals surface area contributed by atoms with Crippen molar-refractivity contribution in [3.8, 4) is 0 Å². The molecule has 0 radical (unpaired) electrons. The van der Waals surface area contributed by atoms with E-state index >= 15 is 0 Å². The topological polar surface area (TPSA) is 50.1 Å². The number of imidazole rings is 1. The Morgan fingerprint density at radius 1 is 1.50 bits per heavy atom. The van der Waals surface area contributed by atoms with Crippen molar-refractivity contribution in [2.45, 2.75) is 52.3 Å². The van der Waals surface area contributed by atoms with Gasteiger partial charge in [0.1, 0.15) is 5.82 Å². The van der Waals surface area contributed by atoms with Crippen LogP contribution in [0.3, 0.4) is 0 Å². The molecule has 0 fully saturated rings. The van der Waals surface area contributed by atoms with Crippen LogP contribution in [0.5, 0.6) is 0 Å². The zero-order valence-corrected chi connectivity index (χ0v) is 10.3. The molecule has 0 bridgehead atoms. The quantitative estimate of drug-likeness (QED) is 0.660. The van der Waals surface area contributed by atoms with E-state index < -0.39 is 0 Å². The SMILES string of the molecule is CCCn1ccnc1CNCCC(O)CC. The molecule has 1 unspecified atom stereocenters. The number of aliphatic hydroxyl groups excluding tert-OH is 1. The Kier molecular flexibility index (Phi) is 6.11. The van der Waals surface area contributed by atoms with Crippen molar-refractivity contribution in [2.24, 2.45) is 0 Å². The normalized spacial score (nSPS) is 12.9. The maximum Gasteiger partial charge on any atom is 0.122 e. The van der Waals surface area contributed by atoms with Gasteiger partial charge in [0.15, 0.2) is 0 Å². The fraction of sp³-hybridized carbons (Fsp3) is 0.750. The lowest BCUT2D eigenvalue weighted by Crippen LogP contribution is -2.21. The fourth-order valence-electron chi connectivity index (χ4n) is 1.62. The summed E-state index contributed by atoms with van der Waals surface area (Å²) < 4.78 is 2.17. The summed E-state index contributed by atoms with van der Waals surface area (Å²) in [4.78, 5) is 4.31. The second-order valence-electron chi connectivity index (χ2n) is 4.06. The summed E-state index contributed by atoms with van der Waals surface area (Å²) in [5.41, 5.74) is 0. The highest BCUT2D eigenvalue weighted by Gasteiger charge is 2.02. The average Bonchev–Trinajstić information content (AvgIpc) is 2.72. The lowest BCUT2D eigenvalue weighted by molar-refractivity contribution is 0.159. The van der Waals surface area contributed by atoms with E-state index in [1.807, 2.05) is 19.3 Å². The standard InChI is InChI=1S/C12H23N3O/c1-3-8-15-9-7-14-12(15)10-13-6-5-11(16)4-2/h7,9,11,13,16H,3-6,8,10H2,1-2H3. The second kappa shape index (κ2) is 7.41. The van der Waals surface area contributed by atoms with Crippen molar-refractivity contribution in [3.05, 3.63) is 18.2 Å². The first-order valence-electron chi connectivity index (χ1n) is 6.16. The minimum absolute atomic E-state index is 0.178. The Morgan fingerprint density at radius 2 is 2.31 bits per heavy atom. The molecular weight excluding hydrogens is 202 g/mol. The summed E-state index contributed by atoms with van der Waals surface area (Å²) in [5.74, 6) is 1.08. The molecule has 92 valence electrons. The molecule has 1 aromatic heterocycles. The summed E-state index contributed by atoms with van der Waals surface area (Å²) in [5, 5.41) is 12.7. The minimum atomic E-state index is -0.178. The van der Waals surface area contributed by atoms with Gasteiger partial charge in [-0.3, -0.25) is 0 Å². The van der Waals surface area contributed by atoms with Crippen molar-refractivity contribution in [1.29, 1.82) is 0 Å². The molecule has 1 rings (SSSR count). The van der Waals surface area contributed by atoms with Crippen LogP contribution in [0.4, 0.5) is 0 Å². The van der Waals surface area contributed by atoms with E-state index in [1.165, 1.54) is 0 Å². The molecule has 2 N–H and O–H groups in total. The Labute approximate surface area is 97.7 Å². The number of aliphatic hydroxyl groups is 1. The van der Waals surface area contributed by atoms with Gasteiger partial charge < -0.3 is 15.0 Å². The fourth-order valence-corrected chi connectivity index (χ4v) is 1.62. The summed E-state index contributed by atoms with van der Waals surface area (Å²) >= 11 is 0. The monoisotopic (exact) mass is 225 g/mol. The van der Waals surface area contributed by atoms with Crippen molar-refractivity contribution in [1.82, 2.24) is 14.9 Å². The van der Waals surface area contributed by atoms with E-state index in [0.717, 1.165) is 44.7 Å². The van der Waals surface area contributed by atoms with Gasteiger partial charge in [-0.1, -0.05) is 13.8 Å². The van der Waals surface area contributed by atoms with Gasteiger partial charge in [-0.25, -0.2) is 4.98 Å². The first-order valence-corrected chi connectivity index (χ1v) is 6.16. The molecule has 4 nitrogen and oxygen atoms in total. The van der Waals surface area contributed by atoms with Crippen molar-refractivity contribution >= 4 is 0 Å².